The number of Topliss-reactive ketones (excluding diaryl/α,β-unsaturated/α-hetero) is 1. The Kier molecular flexibility index (Phi) is 2.18. The Morgan fingerprint density at radius 1 is 1.38 bits per heavy atom. The van der Waals surface area contributed by atoms with Crippen LogP contribution in [0.2, 0.25) is 0 Å². The highest BCUT2D eigenvalue weighted by atomic mass is 16.1. The second-order valence-corrected chi connectivity index (χ2v) is 3.96. The van der Waals surface area contributed by atoms with E-state index in [9.17, 15) is 4.79 Å². The molecule has 0 saturated carbocycles. The predicted octanol–water partition coefficient (Wildman–Crippen LogP) is 0.723. The summed E-state index contributed by atoms with van der Waals surface area (Å²) in [6, 6.07) is 1.87. The van der Waals surface area contributed by atoms with Gasteiger partial charge in [-0.25, -0.2) is 9.97 Å². The van der Waals surface area contributed by atoms with Crippen LogP contribution in [0, 0.1) is 0 Å². The molecule has 16 heavy (non-hydrogen) atoms. The topological polar surface area (TPSA) is 59.3 Å². The zero-order valence-corrected chi connectivity index (χ0v) is 8.76. The third kappa shape index (κ3) is 1.49. The van der Waals surface area contributed by atoms with E-state index in [4.69, 9.17) is 0 Å². The van der Waals surface area contributed by atoms with Gasteiger partial charge in [0.25, 0.3) is 0 Å². The normalized spacial score (nSPS) is 21.5. The van der Waals surface area contributed by atoms with E-state index in [1.54, 1.807) is 12.4 Å². The van der Waals surface area contributed by atoms with Crippen molar-refractivity contribution in [2.75, 3.05) is 6.54 Å². The van der Waals surface area contributed by atoms with Gasteiger partial charge in [0.05, 0.1) is 6.04 Å². The van der Waals surface area contributed by atoms with E-state index < -0.39 is 0 Å². The number of rotatable bonds is 1. The minimum Gasteiger partial charge on any atom is -0.307 e. The molecule has 0 radical (unpaired) electrons. The SMILES string of the molecule is O=C1CCNC(c2nccc3nccn23)C1. The van der Waals surface area contributed by atoms with Crippen LogP contribution in [-0.2, 0) is 4.79 Å². The van der Waals surface area contributed by atoms with Crippen LogP contribution in [0.3, 0.4) is 0 Å². The molecule has 1 aliphatic rings. The van der Waals surface area contributed by atoms with Gasteiger partial charge in [0, 0.05) is 38.0 Å². The molecule has 5 nitrogen and oxygen atoms in total. The van der Waals surface area contributed by atoms with E-state index >= 15 is 0 Å². The molecule has 0 bridgehead atoms. The van der Waals surface area contributed by atoms with Crippen LogP contribution in [0.15, 0.2) is 24.7 Å². The summed E-state index contributed by atoms with van der Waals surface area (Å²) in [5.41, 5.74) is 0.866. The summed E-state index contributed by atoms with van der Waals surface area (Å²) in [7, 11) is 0. The van der Waals surface area contributed by atoms with E-state index in [-0.39, 0.29) is 6.04 Å². The number of fused-ring (bicyclic) bond motifs is 1. The van der Waals surface area contributed by atoms with Gasteiger partial charge in [-0.2, -0.15) is 0 Å². The Balaban J connectivity index is 2.04. The van der Waals surface area contributed by atoms with Gasteiger partial charge in [0.15, 0.2) is 0 Å². The molecule has 3 heterocycles. The highest BCUT2D eigenvalue weighted by molar-refractivity contribution is 5.80. The van der Waals surface area contributed by atoms with Crippen molar-refractivity contribution in [3.05, 3.63) is 30.5 Å². The zero-order chi connectivity index (χ0) is 11.0. The molecule has 1 fully saturated rings. The summed E-state index contributed by atoms with van der Waals surface area (Å²) in [4.78, 5) is 20.0. The lowest BCUT2D eigenvalue weighted by Crippen LogP contribution is -2.33. The summed E-state index contributed by atoms with van der Waals surface area (Å²) < 4.78 is 1.93. The lowest BCUT2D eigenvalue weighted by atomic mass is 10.0. The number of ketones is 1. The van der Waals surface area contributed by atoms with Crippen molar-refractivity contribution >= 4 is 11.4 Å². The number of piperidine rings is 1. The first-order chi connectivity index (χ1) is 7.84. The standard InChI is InChI=1S/C11H12N4O/c16-8-1-3-12-9(7-8)11-14-4-2-10-13-5-6-15(10)11/h2,4-6,9,12H,1,3,7H2. The smallest absolute Gasteiger partial charge is 0.139 e. The highest BCUT2D eigenvalue weighted by Crippen LogP contribution is 2.19. The van der Waals surface area contributed by atoms with Gasteiger partial charge in [-0.05, 0) is 6.07 Å². The van der Waals surface area contributed by atoms with E-state index in [1.807, 2.05) is 16.7 Å². The van der Waals surface area contributed by atoms with Crippen molar-refractivity contribution in [1.82, 2.24) is 19.7 Å². The second kappa shape index (κ2) is 3.68. The van der Waals surface area contributed by atoms with Crippen LogP contribution < -0.4 is 5.32 Å². The van der Waals surface area contributed by atoms with Gasteiger partial charge < -0.3 is 5.32 Å². The van der Waals surface area contributed by atoms with Crippen LogP contribution in [0.25, 0.3) is 5.65 Å². The number of hydrogen-bond donors (Lipinski definition) is 1. The van der Waals surface area contributed by atoms with Crippen LogP contribution in [0.5, 0.6) is 0 Å². The average Bonchev–Trinajstić information content (AvgIpc) is 2.76. The van der Waals surface area contributed by atoms with Crippen LogP contribution >= 0.6 is 0 Å². The quantitative estimate of drug-likeness (QED) is 0.763. The third-order valence-electron chi connectivity index (χ3n) is 2.88. The lowest BCUT2D eigenvalue weighted by Gasteiger charge is -2.22. The van der Waals surface area contributed by atoms with E-state index in [1.165, 1.54) is 0 Å². The van der Waals surface area contributed by atoms with Gasteiger partial charge in [-0.3, -0.25) is 9.20 Å². The minimum absolute atomic E-state index is 0.0131. The zero-order valence-electron chi connectivity index (χ0n) is 8.76. The van der Waals surface area contributed by atoms with E-state index in [0.717, 1.165) is 18.0 Å². The maximum absolute atomic E-state index is 11.4. The molecule has 0 amide bonds. The lowest BCUT2D eigenvalue weighted by molar-refractivity contribution is -0.120. The van der Waals surface area contributed by atoms with Gasteiger partial charge in [0.1, 0.15) is 17.3 Å². The molecule has 2 aromatic heterocycles. The Labute approximate surface area is 92.5 Å². The van der Waals surface area contributed by atoms with Crippen molar-refractivity contribution in [3.8, 4) is 0 Å². The first-order valence-electron chi connectivity index (χ1n) is 5.37. The van der Waals surface area contributed by atoms with Crippen LogP contribution in [-0.4, -0.2) is 26.7 Å². The molecule has 1 aliphatic heterocycles. The van der Waals surface area contributed by atoms with Crippen LogP contribution in [0.1, 0.15) is 24.7 Å². The Morgan fingerprint density at radius 3 is 3.19 bits per heavy atom. The highest BCUT2D eigenvalue weighted by Gasteiger charge is 2.23. The monoisotopic (exact) mass is 216 g/mol. The first-order valence-corrected chi connectivity index (χ1v) is 5.37. The molecule has 2 aromatic rings. The number of carbonyl (C=O) groups is 1. The molecule has 5 heteroatoms. The fourth-order valence-electron chi connectivity index (χ4n) is 2.10. The Morgan fingerprint density at radius 2 is 2.31 bits per heavy atom. The molecular weight excluding hydrogens is 204 g/mol. The molecule has 0 aliphatic carbocycles. The minimum atomic E-state index is 0.0131. The van der Waals surface area contributed by atoms with Gasteiger partial charge in [-0.15, -0.1) is 0 Å². The van der Waals surface area contributed by atoms with Crippen molar-refractivity contribution in [3.63, 3.8) is 0 Å². The fourth-order valence-corrected chi connectivity index (χ4v) is 2.10. The Bertz CT molecular complexity index is 534. The number of carbonyl (C=O) groups excluding carboxylic acids is 1. The maximum atomic E-state index is 11.4. The van der Waals surface area contributed by atoms with Crippen molar-refractivity contribution < 1.29 is 4.79 Å². The number of aromatic nitrogens is 3. The summed E-state index contributed by atoms with van der Waals surface area (Å²) in [5, 5.41) is 3.32. The second-order valence-electron chi connectivity index (χ2n) is 3.96. The van der Waals surface area contributed by atoms with Gasteiger partial charge >= 0.3 is 0 Å². The number of imidazole rings is 1. The molecule has 1 atom stereocenters. The first kappa shape index (κ1) is 9.47. The summed E-state index contributed by atoms with van der Waals surface area (Å²) >= 11 is 0. The fraction of sp³-hybridized carbons (Fsp3) is 0.364. The van der Waals surface area contributed by atoms with Crippen molar-refractivity contribution in [1.29, 1.82) is 0 Å². The molecule has 0 spiro atoms. The van der Waals surface area contributed by atoms with Crippen molar-refractivity contribution in [2.45, 2.75) is 18.9 Å². The maximum Gasteiger partial charge on any atom is 0.139 e. The molecular formula is C11H12N4O. The van der Waals surface area contributed by atoms with E-state index in [2.05, 4.69) is 15.3 Å². The summed E-state index contributed by atoms with van der Waals surface area (Å²) in [5.74, 6) is 1.16. The number of nitrogens with zero attached hydrogens (tertiary/aromatic N) is 3. The summed E-state index contributed by atoms with van der Waals surface area (Å²) in [6.45, 7) is 0.732. The summed E-state index contributed by atoms with van der Waals surface area (Å²) in [6.07, 6.45) is 6.49. The van der Waals surface area contributed by atoms with Crippen molar-refractivity contribution in [2.24, 2.45) is 0 Å². The largest absolute Gasteiger partial charge is 0.307 e. The average molecular weight is 216 g/mol. The molecule has 1 unspecified atom stereocenters. The molecule has 0 aromatic carbocycles. The predicted molar refractivity (Wildman–Crippen MR) is 58.0 cm³/mol. The molecule has 1 saturated heterocycles. The van der Waals surface area contributed by atoms with Crippen LogP contribution in [0.4, 0.5) is 0 Å². The molecule has 1 N–H and O–H groups in total. The third-order valence-corrected chi connectivity index (χ3v) is 2.88. The number of nitrogens with one attached hydrogen (secondary N) is 1. The van der Waals surface area contributed by atoms with Gasteiger partial charge in [0.2, 0.25) is 0 Å². The van der Waals surface area contributed by atoms with Gasteiger partial charge in [-0.1, -0.05) is 0 Å². The molecule has 82 valence electrons. The number of hydrogen-bond acceptors (Lipinski definition) is 4. The molecule has 3 rings (SSSR count). The van der Waals surface area contributed by atoms with E-state index in [0.29, 0.717) is 18.6 Å². The Hall–Kier alpha value is -1.75.